The summed E-state index contributed by atoms with van der Waals surface area (Å²) in [7, 11) is 0. The molecule has 0 saturated carbocycles. The van der Waals surface area contributed by atoms with Crippen LogP contribution in [0.2, 0.25) is 5.02 Å². The van der Waals surface area contributed by atoms with Crippen LogP contribution in [0, 0.1) is 5.82 Å². The number of halogens is 2. The third-order valence-corrected chi connectivity index (χ3v) is 3.64. The van der Waals surface area contributed by atoms with E-state index >= 15 is 0 Å². The Labute approximate surface area is 109 Å². The molecule has 17 heavy (non-hydrogen) atoms. The minimum absolute atomic E-state index is 0.313. The van der Waals surface area contributed by atoms with Gasteiger partial charge >= 0.3 is 0 Å². The summed E-state index contributed by atoms with van der Waals surface area (Å²) in [5.74, 6) is 0.384. The highest BCUT2D eigenvalue weighted by Crippen LogP contribution is 2.28. The zero-order valence-corrected chi connectivity index (χ0v) is 10.6. The molecular formula is C13H11ClFNS. The predicted molar refractivity (Wildman–Crippen MR) is 71.8 cm³/mol. The van der Waals surface area contributed by atoms with E-state index in [0.29, 0.717) is 11.4 Å². The molecule has 0 aromatic heterocycles. The van der Waals surface area contributed by atoms with Gasteiger partial charge in [-0.05, 0) is 29.8 Å². The third-order valence-electron chi connectivity index (χ3n) is 2.25. The second kappa shape index (κ2) is 5.43. The van der Waals surface area contributed by atoms with Gasteiger partial charge in [-0.1, -0.05) is 29.8 Å². The molecule has 0 fully saturated rings. The van der Waals surface area contributed by atoms with Crippen LogP contribution in [0.4, 0.5) is 10.1 Å². The molecule has 2 aromatic rings. The summed E-state index contributed by atoms with van der Waals surface area (Å²) in [6.07, 6.45) is 0. The Morgan fingerprint density at radius 3 is 2.65 bits per heavy atom. The number of thioether (sulfide) groups is 1. The number of rotatable bonds is 3. The number of hydrogen-bond acceptors (Lipinski definition) is 2. The largest absolute Gasteiger partial charge is 0.399 e. The molecule has 0 radical (unpaired) electrons. The van der Waals surface area contributed by atoms with Crippen molar-refractivity contribution in [2.75, 3.05) is 5.73 Å². The van der Waals surface area contributed by atoms with Gasteiger partial charge in [-0.15, -0.1) is 11.8 Å². The Morgan fingerprint density at radius 2 is 1.94 bits per heavy atom. The highest BCUT2D eigenvalue weighted by Gasteiger charge is 2.02. The van der Waals surface area contributed by atoms with Crippen molar-refractivity contribution in [2.24, 2.45) is 0 Å². The molecule has 0 atom stereocenters. The molecule has 2 rings (SSSR count). The van der Waals surface area contributed by atoms with Crippen LogP contribution in [0.3, 0.4) is 0 Å². The highest BCUT2D eigenvalue weighted by molar-refractivity contribution is 7.98. The summed E-state index contributed by atoms with van der Waals surface area (Å²) in [5.41, 5.74) is 7.05. The van der Waals surface area contributed by atoms with E-state index in [1.807, 2.05) is 24.3 Å². The lowest BCUT2D eigenvalue weighted by atomic mass is 10.2. The minimum atomic E-state index is -0.313. The first-order valence-corrected chi connectivity index (χ1v) is 6.44. The van der Waals surface area contributed by atoms with Gasteiger partial charge in [0.15, 0.2) is 0 Å². The van der Waals surface area contributed by atoms with E-state index in [2.05, 4.69) is 0 Å². The average Bonchev–Trinajstić information content (AvgIpc) is 2.27. The second-order valence-corrected chi connectivity index (χ2v) is 5.06. The molecule has 0 spiro atoms. The van der Waals surface area contributed by atoms with Crippen LogP contribution in [0.15, 0.2) is 47.4 Å². The maximum Gasteiger partial charge on any atom is 0.126 e. The fourth-order valence-corrected chi connectivity index (χ4v) is 2.72. The number of anilines is 1. The number of benzene rings is 2. The van der Waals surface area contributed by atoms with Gasteiger partial charge in [0, 0.05) is 21.4 Å². The Bertz CT molecular complexity index is 510. The summed E-state index contributed by atoms with van der Waals surface area (Å²) in [6, 6.07) is 12.1. The molecule has 0 unspecified atom stereocenters. The van der Waals surface area contributed by atoms with Gasteiger partial charge < -0.3 is 5.73 Å². The number of nitrogens with two attached hydrogens (primary N) is 1. The van der Waals surface area contributed by atoms with E-state index in [9.17, 15) is 4.39 Å². The summed E-state index contributed by atoms with van der Waals surface area (Å²) in [5, 5.41) is 0.726. The first-order valence-electron chi connectivity index (χ1n) is 5.07. The third kappa shape index (κ3) is 3.38. The van der Waals surface area contributed by atoms with Crippen LogP contribution in [0.1, 0.15) is 5.56 Å². The van der Waals surface area contributed by atoms with Crippen LogP contribution in [0.5, 0.6) is 0 Å². The second-order valence-electron chi connectivity index (χ2n) is 3.60. The van der Waals surface area contributed by atoms with E-state index in [-0.39, 0.29) is 5.82 Å². The molecule has 1 nitrogen and oxygen atoms in total. The van der Waals surface area contributed by atoms with E-state index in [1.54, 1.807) is 6.07 Å². The number of nitrogen functional groups attached to an aromatic ring is 1. The molecule has 2 aromatic carbocycles. The predicted octanol–water partition coefficient (Wildman–Crippen LogP) is 4.35. The fraction of sp³-hybridized carbons (Fsp3) is 0.0769. The molecule has 0 aliphatic heterocycles. The molecule has 0 aliphatic rings. The molecule has 88 valence electrons. The van der Waals surface area contributed by atoms with Crippen molar-refractivity contribution in [2.45, 2.75) is 10.6 Å². The van der Waals surface area contributed by atoms with Gasteiger partial charge in [-0.2, -0.15) is 0 Å². The van der Waals surface area contributed by atoms with Crippen molar-refractivity contribution < 1.29 is 4.39 Å². The molecule has 0 bridgehead atoms. The van der Waals surface area contributed by atoms with Crippen LogP contribution >= 0.6 is 23.4 Å². The number of hydrogen-bond donors (Lipinski definition) is 1. The van der Waals surface area contributed by atoms with E-state index < -0.39 is 0 Å². The lowest BCUT2D eigenvalue weighted by Crippen LogP contribution is -1.88. The Morgan fingerprint density at radius 1 is 1.18 bits per heavy atom. The maximum absolute atomic E-state index is 13.1. The Balaban J connectivity index is 2.10. The van der Waals surface area contributed by atoms with Crippen LogP contribution < -0.4 is 5.73 Å². The van der Waals surface area contributed by atoms with Crippen LogP contribution in [0.25, 0.3) is 0 Å². The Hall–Kier alpha value is -1.19. The van der Waals surface area contributed by atoms with Crippen molar-refractivity contribution in [3.63, 3.8) is 0 Å². The van der Waals surface area contributed by atoms with E-state index in [0.717, 1.165) is 15.5 Å². The van der Waals surface area contributed by atoms with Gasteiger partial charge in [0.1, 0.15) is 5.82 Å². The van der Waals surface area contributed by atoms with Gasteiger partial charge in [0.2, 0.25) is 0 Å². The van der Waals surface area contributed by atoms with E-state index in [4.69, 9.17) is 17.3 Å². The van der Waals surface area contributed by atoms with Crippen LogP contribution in [-0.4, -0.2) is 0 Å². The summed E-state index contributed by atoms with van der Waals surface area (Å²) in [6.45, 7) is 0. The molecule has 0 amide bonds. The normalized spacial score (nSPS) is 10.5. The molecule has 0 heterocycles. The summed E-state index contributed by atoms with van der Waals surface area (Å²) >= 11 is 7.55. The maximum atomic E-state index is 13.1. The zero-order valence-electron chi connectivity index (χ0n) is 8.99. The molecule has 0 aliphatic carbocycles. The lowest BCUT2D eigenvalue weighted by Gasteiger charge is -2.05. The molecule has 0 saturated heterocycles. The molecular weight excluding hydrogens is 257 g/mol. The molecule has 4 heteroatoms. The SMILES string of the molecule is Nc1cc(F)cc(SCc2ccccc2Cl)c1. The van der Waals surface area contributed by atoms with Crippen LogP contribution in [-0.2, 0) is 5.75 Å². The van der Waals surface area contributed by atoms with Crippen molar-refractivity contribution >= 4 is 29.1 Å². The van der Waals surface area contributed by atoms with Crippen molar-refractivity contribution in [3.8, 4) is 0 Å². The van der Waals surface area contributed by atoms with E-state index in [1.165, 1.54) is 23.9 Å². The van der Waals surface area contributed by atoms with Gasteiger partial charge in [-0.25, -0.2) is 4.39 Å². The minimum Gasteiger partial charge on any atom is -0.399 e. The van der Waals surface area contributed by atoms with Gasteiger partial charge in [-0.3, -0.25) is 0 Å². The summed E-state index contributed by atoms with van der Waals surface area (Å²) in [4.78, 5) is 0.808. The summed E-state index contributed by atoms with van der Waals surface area (Å²) < 4.78 is 13.1. The standard InChI is InChI=1S/C13H11ClFNS/c14-13-4-2-1-3-9(13)8-17-12-6-10(15)5-11(16)7-12/h1-7H,8,16H2. The first-order chi connectivity index (χ1) is 8.15. The monoisotopic (exact) mass is 267 g/mol. The molecule has 2 N–H and O–H groups in total. The van der Waals surface area contributed by atoms with Crippen molar-refractivity contribution in [3.05, 3.63) is 58.9 Å². The van der Waals surface area contributed by atoms with Gasteiger partial charge in [0.05, 0.1) is 0 Å². The Kier molecular flexibility index (Phi) is 3.92. The highest BCUT2D eigenvalue weighted by atomic mass is 35.5. The quantitative estimate of drug-likeness (QED) is 0.661. The lowest BCUT2D eigenvalue weighted by molar-refractivity contribution is 0.625. The van der Waals surface area contributed by atoms with Crippen molar-refractivity contribution in [1.29, 1.82) is 0 Å². The smallest absolute Gasteiger partial charge is 0.126 e. The van der Waals surface area contributed by atoms with Crippen molar-refractivity contribution in [1.82, 2.24) is 0 Å². The zero-order chi connectivity index (χ0) is 12.3. The first kappa shape index (κ1) is 12.3. The van der Waals surface area contributed by atoms with Gasteiger partial charge in [0.25, 0.3) is 0 Å². The fourth-order valence-electron chi connectivity index (χ4n) is 1.44. The average molecular weight is 268 g/mol. The topological polar surface area (TPSA) is 26.0 Å².